The number of hydrogen-bond donors (Lipinski definition) is 2. The van der Waals surface area contributed by atoms with E-state index in [1.165, 1.54) is 0 Å². The Hall–Kier alpha value is 0.663. The summed E-state index contributed by atoms with van der Waals surface area (Å²) in [5.74, 6) is 0. The van der Waals surface area contributed by atoms with Crippen molar-refractivity contribution in [3.63, 3.8) is 0 Å². The third-order valence-electron chi connectivity index (χ3n) is 0. The predicted octanol–water partition coefficient (Wildman–Crippen LogP) is -4.56. The van der Waals surface area contributed by atoms with E-state index in [2.05, 4.69) is 0 Å². The predicted molar refractivity (Wildman–Crippen MR) is 12.0 cm³/mol. The van der Waals surface area contributed by atoms with Gasteiger partial charge in [0, 0.05) is 0 Å². The van der Waals surface area contributed by atoms with Crippen LogP contribution in [0.25, 0.3) is 0 Å². The molecule has 40 valence electrons. The normalized spacial score (nSPS) is 8.43. The Morgan fingerprint density at radius 1 is 1.43 bits per heavy atom. The minimum Gasteiger partial charge on any atom is -1.00 e. The molecule has 0 rings (SSSR count). The maximum absolute atomic E-state index is 8.77. The molecule has 0 aliphatic rings. The van der Waals surface area contributed by atoms with Crippen LogP contribution in [0.4, 0.5) is 0 Å². The van der Waals surface area contributed by atoms with Crippen LogP contribution in [0.15, 0.2) is 0 Å². The minimum atomic E-state index is -4.89. The Morgan fingerprint density at radius 2 is 1.43 bits per heavy atom. The van der Waals surface area contributed by atoms with Crippen LogP contribution in [0.5, 0.6) is 0 Å². The molecule has 0 saturated heterocycles. The van der Waals surface area contributed by atoms with Crippen LogP contribution < -0.4 is 9.60 Å². The Kier molecular flexibility index (Phi) is 10.8. The van der Waals surface area contributed by atoms with E-state index in [4.69, 9.17) is 19.2 Å². The molecule has 2 N–H and O–H groups in total. The molecule has 0 aliphatic heterocycles. The molecule has 0 saturated carbocycles. The monoisotopic (exact) mass is 180 g/mol. The summed E-state index contributed by atoms with van der Waals surface area (Å²) in [6, 6.07) is 0. The van der Waals surface area contributed by atoms with Gasteiger partial charge in [-0.1, -0.05) is 0 Å². The molecular formula is H2FO4PZn. The zero-order valence-electron chi connectivity index (χ0n) is 3.24. The van der Waals surface area contributed by atoms with Gasteiger partial charge in [0.25, 0.3) is 7.82 Å². The molecule has 0 aromatic rings. The van der Waals surface area contributed by atoms with Crippen LogP contribution in [0.2, 0.25) is 0 Å². The summed E-state index contributed by atoms with van der Waals surface area (Å²) in [6.07, 6.45) is 0. The van der Waals surface area contributed by atoms with Gasteiger partial charge in [-0.3, -0.25) is 4.57 Å². The average molecular weight is 181 g/mol. The van der Waals surface area contributed by atoms with Crippen molar-refractivity contribution < 1.29 is 43.4 Å². The van der Waals surface area contributed by atoms with Crippen molar-refractivity contribution >= 4 is 7.82 Å². The van der Waals surface area contributed by atoms with E-state index in [9.17, 15) is 0 Å². The maximum atomic E-state index is 8.77. The summed E-state index contributed by atoms with van der Waals surface area (Å²) in [5, 5.41) is 0. The first-order valence-corrected chi connectivity index (χ1v) is 2.30. The zero-order valence-corrected chi connectivity index (χ0v) is 7.10. The SMILES string of the molecule is O=P([O-])(O)O.[F-].[Zn+2]. The topological polar surface area (TPSA) is 80.6 Å². The maximum Gasteiger partial charge on any atom is 2.00 e. The van der Waals surface area contributed by atoms with E-state index in [0.29, 0.717) is 0 Å². The van der Waals surface area contributed by atoms with Crippen molar-refractivity contribution in [2.24, 2.45) is 0 Å². The Bertz CT molecular complexity index is 57.8. The van der Waals surface area contributed by atoms with E-state index in [1.807, 2.05) is 0 Å². The van der Waals surface area contributed by atoms with Gasteiger partial charge in [0.05, 0.1) is 0 Å². The van der Waals surface area contributed by atoms with Crippen LogP contribution in [-0.2, 0) is 24.0 Å². The van der Waals surface area contributed by atoms with Gasteiger partial charge in [-0.2, -0.15) is 0 Å². The number of halogens is 1. The Labute approximate surface area is 51.9 Å². The zero-order chi connectivity index (χ0) is 4.50. The first-order valence-electron chi connectivity index (χ1n) is 0.765. The van der Waals surface area contributed by atoms with Gasteiger partial charge in [-0.15, -0.1) is 0 Å². The molecule has 0 aliphatic carbocycles. The fraction of sp³-hybridized carbons (Fsp3) is 0. The number of rotatable bonds is 0. The first-order chi connectivity index (χ1) is 2.00. The van der Waals surface area contributed by atoms with E-state index < -0.39 is 7.82 Å². The second-order valence-electron chi connectivity index (χ2n) is 0.491. The van der Waals surface area contributed by atoms with Gasteiger partial charge < -0.3 is 19.4 Å². The van der Waals surface area contributed by atoms with Crippen LogP contribution in [0, 0.1) is 0 Å². The molecule has 0 aromatic carbocycles. The molecule has 0 atom stereocenters. The second kappa shape index (κ2) is 4.81. The van der Waals surface area contributed by atoms with E-state index in [0.717, 1.165) is 0 Å². The van der Waals surface area contributed by atoms with Crippen molar-refractivity contribution in [2.45, 2.75) is 0 Å². The summed E-state index contributed by atoms with van der Waals surface area (Å²) in [6.45, 7) is 0. The van der Waals surface area contributed by atoms with Crippen molar-refractivity contribution in [1.82, 2.24) is 0 Å². The van der Waals surface area contributed by atoms with Crippen LogP contribution in [0.3, 0.4) is 0 Å². The van der Waals surface area contributed by atoms with Crippen LogP contribution in [0.1, 0.15) is 0 Å². The fourth-order valence-electron chi connectivity index (χ4n) is 0. The third-order valence-corrected chi connectivity index (χ3v) is 0. The summed E-state index contributed by atoms with van der Waals surface area (Å²) in [4.78, 5) is 22.9. The molecule has 7 heteroatoms. The number of phosphoric acid groups is 1. The van der Waals surface area contributed by atoms with Crippen molar-refractivity contribution in [1.29, 1.82) is 0 Å². The molecule has 7 heavy (non-hydrogen) atoms. The van der Waals surface area contributed by atoms with Gasteiger partial charge in [0.15, 0.2) is 0 Å². The molecule has 0 bridgehead atoms. The molecule has 0 heterocycles. The molecule has 0 spiro atoms. The molecule has 4 nitrogen and oxygen atoms in total. The molecular weight excluding hydrogens is 179 g/mol. The quantitative estimate of drug-likeness (QED) is 0.291. The largest absolute Gasteiger partial charge is 2.00 e. The van der Waals surface area contributed by atoms with Crippen LogP contribution >= 0.6 is 7.82 Å². The van der Waals surface area contributed by atoms with E-state index in [-0.39, 0.29) is 24.2 Å². The Balaban J connectivity index is -0.0000000800. The van der Waals surface area contributed by atoms with E-state index >= 15 is 0 Å². The van der Waals surface area contributed by atoms with Gasteiger partial charge >= 0.3 is 19.5 Å². The molecule has 0 radical (unpaired) electrons. The van der Waals surface area contributed by atoms with Gasteiger partial charge in [-0.25, -0.2) is 0 Å². The summed E-state index contributed by atoms with van der Waals surface area (Å²) >= 11 is 0. The molecule has 0 fully saturated rings. The van der Waals surface area contributed by atoms with Crippen molar-refractivity contribution in [2.75, 3.05) is 0 Å². The van der Waals surface area contributed by atoms with Gasteiger partial charge in [0.2, 0.25) is 0 Å². The van der Waals surface area contributed by atoms with E-state index in [1.54, 1.807) is 0 Å². The summed E-state index contributed by atoms with van der Waals surface area (Å²) in [5.41, 5.74) is 0. The molecule has 0 unspecified atom stereocenters. The van der Waals surface area contributed by atoms with Gasteiger partial charge in [-0.05, 0) is 0 Å². The fourth-order valence-corrected chi connectivity index (χ4v) is 0. The van der Waals surface area contributed by atoms with Crippen LogP contribution in [-0.4, -0.2) is 9.79 Å². The number of hydrogen-bond acceptors (Lipinski definition) is 2. The Morgan fingerprint density at radius 3 is 1.43 bits per heavy atom. The smallest absolute Gasteiger partial charge is 1.00 e. The summed E-state index contributed by atoms with van der Waals surface area (Å²) < 4.78 is 8.77. The minimum absolute atomic E-state index is 0. The van der Waals surface area contributed by atoms with Gasteiger partial charge in [0.1, 0.15) is 0 Å². The third kappa shape index (κ3) is 329. The average Bonchev–Trinajstić information content (AvgIpc) is 0.722. The molecule has 0 aromatic heterocycles. The molecule has 0 amide bonds. The van der Waals surface area contributed by atoms with Crippen molar-refractivity contribution in [3.8, 4) is 0 Å². The summed E-state index contributed by atoms with van der Waals surface area (Å²) in [7, 11) is -4.89. The second-order valence-corrected chi connectivity index (χ2v) is 1.47. The van der Waals surface area contributed by atoms with Crippen molar-refractivity contribution in [3.05, 3.63) is 0 Å². The first kappa shape index (κ1) is 15.6. The standard InChI is InChI=1S/FH.H3O4P.Zn/c;1-5(2,3)4;/h1H;(H3,1,2,3,4);/q;;+2/p-2.